The molecule has 1 heterocycles. The summed E-state index contributed by atoms with van der Waals surface area (Å²) in [5.41, 5.74) is 0.599. The van der Waals surface area contributed by atoms with Gasteiger partial charge in [-0.05, 0) is 54.6 Å². The number of hydrogen-bond acceptors (Lipinski definition) is 4. The van der Waals surface area contributed by atoms with Crippen LogP contribution in [0.1, 0.15) is 10.5 Å². The molecule has 0 spiro atoms. The maximum Gasteiger partial charge on any atom is 0.276 e. The summed E-state index contributed by atoms with van der Waals surface area (Å²) in [6.07, 6.45) is 0. The molecule has 7 heteroatoms. The predicted octanol–water partition coefficient (Wildman–Crippen LogP) is 3.95. The number of amides is 1. The number of nitrogens with one attached hydrogen (secondary N) is 1. The Kier molecular flexibility index (Phi) is 5.35. The summed E-state index contributed by atoms with van der Waals surface area (Å²) in [6, 6.07) is 18.4. The van der Waals surface area contributed by atoms with Crippen LogP contribution >= 0.6 is 27.7 Å². The largest absolute Gasteiger partial charge is 0.321 e. The molecule has 0 atom stereocenters. The van der Waals surface area contributed by atoms with Crippen LogP contribution in [0.5, 0.6) is 0 Å². The molecule has 3 rings (SSSR count). The van der Waals surface area contributed by atoms with Crippen LogP contribution in [0.4, 0.5) is 5.69 Å². The smallest absolute Gasteiger partial charge is 0.276 e. The van der Waals surface area contributed by atoms with Crippen molar-refractivity contribution in [1.29, 1.82) is 0 Å². The van der Waals surface area contributed by atoms with Gasteiger partial charge >= 0.3 is 0 Å². The highest BCUT2D eigenvalue weighted by Crippen LogP contribution is 2.29. The third-order valence-corrected chi connectivity index (χ3v) is 4.90. The van der Waals surface area contributed by atoms with Crippen molar-refractivity contribution in [3.63, 3.8) is 0 Å². The lowest BCUT2D eigenvalue weighted by Gasteiger charge is -2.07. The Morgan fingerprint density at radius 2 is 1.60 bits per heavy atom. The van der Waals surface area contributed by atoms with E-state index in [-0.39, 0.29) is 17.2 Å². The SMILES string of the molecule is Cn1nc(C(=O)Nc2ccc(Sc3ccc(Br)cc3)cc2)ccc1=O. The Balaban J connectivity index is 1.67. The van der Waals surface area contributed by atoms with Gasteiger partial charge in [0.25, 0.3) is 11.5 Å². The van der Waals surface area contributed by atoms with Crippen molar-refractivity contribution in [2.24, 2.45) is 7.05 Å². The van der Waals surface area contributed by atoms with E-state index in [2.05, 4.69) is 26.3 Å². The molecule has 126 valence electrons. The minimum Gasteiger partial charge on any atom is -0.321 e. The predicted molar refractivity (Wildman–Crippen MR) is 102 cm³/mol. The van der Waals surface area contributed by atoms with Crippen molar-refractivity contribution in [3.05, 3.63) is 81.2 Å². The van der Waals surface area contributed by atoms with Gasteiger partial charge in [-0.15, -0.1) is 0 Å². The van der Waals surface area contributed by atoms with E-state index in [1.807, 2.05) is 48.5 Å². The molecular formula is C18H14BrN3O2S. The van der Waals surface area contributed by atoms with E-state index in [1.54, 1.807) is 11.8 Å². The van der Waals surface area contributed by atoms with Crippen molar-refractivity contribution in [2.75, 3.05) is 5.32 Å². The van der Waals surface area contributed by atoms with Gasteiger partial charge in [0.2, 0.25) is 0 Å². The van der Waals surface area contributed by atoms with E-state index in [4.69, 9.17) is 0 Å². The fourth-order valence-electron chi connectivity index (χ4n) is 2.06. The lowest BCUT2D eigenvalue weighted by Crippen LogP contribution is -2.23. The zero-order chi connectivity index (χ0) is 17.8. The van der Waals surface area contributed by atoms with Crippen molar-refractivity contribution >= 4 is 39.3 Å². The third kappa shape index (κ3) is 4.58. The number of anilines is 1. The maximum absolute atomic E-state index is 12.2. The molecule has 0 radical (unpaired) electrons. The number of hydrogen-bond donors (Lipinski definition) is 1. The Hall–Kier alpha value is -2.38. The lowest BCUT2D eigenvalue weighted by molar-refractivity contribution is 0.102. The van der Waals surface area contributed by atoms with Crippen LogP contribution in [0.3, 0.4) is 0 Å². The molecule has 25 heavy (non-hydrogen) atoms. The molecule has 5 nitrogen and oxygen atoms in total. The first-order valence-electron chi connectivity index (χ1n) is 7.40. The van der Waals surface area contributed by atoms with E-state index in [0.29, 0.717) is 5.69 Å². The van der Waals surface area contributed by atoms with Gasteiger partial charge in [-0.25, -0.2) is 4.68 Å². The van der Waals surface area contributed by atoms with Gasteiger partial charge in [-0.1, -0.05) is 27.7 Å². The monoisotopic (exact) mass is 415 g/mol. The first-order chi connectivity index (χ1) is 12.0. The third-order valence-electron chi connectivity index (χ3n) is 3.35. The zero-order valence-corrected chi connectivity index (χ0v) is 15.7. The summed E-state index contributed by atoms with van der Waals surface area (Å²) in [7, 11) is 1.51. The van der Waals surface area contributed by atoms with Crippen molar-refractivity contribution < 1.29 is 4.79 Å². The van der Waals surface area contributed by atoms with Gasteiger partial charge in [-0.2, -0.15) is 5.10 Å². The first-order valence-corrected chi connectivity index (χ1v) is 9.01. The lowest BCUT2D eigenvalue weighted by atomic mass is 10.3. The summed E-state index contributed by atoms with van der Waals surface area (Å²) < 4.78 is 2.18. The highest BCUT2D eigenvalue weighted by molar-refractivity contribution is 9.10. The molecule has 1 aromatic heterocycles. The molecule has 0 fully saturated rings. The molecule has 3 aromatic rings. The van der Waals surface area contributed by atoms with Gasteiger partial charge in [0, 0.05) is 33.1 Å². The van der Waals surface area contributed by atoms with Crippen LogP contribution in [0.15, 0.2) is 79.7 Å². The van der Waals surface area contributed by atoms with Crippen molar-refractivity contribution in [1.82, 2.24) is 9.78 Å². The van der Waals surface area contributed by atoms with Crippen molar-refractivity contribution in [2.45, 2.75) is 9.79 Å². The second-order valence-electron chi connectivity index (χ2n) is 5.21. The van der Waals surface area contributed by atoms with Crippen LogP contribution in [-0.2, 0) is 7.05 Å². The average molecular weight is 416 g/mol. The molecule has 1 amide bonds. The maximum atomic E-state index is 12.2. The normalized spacial score (nSPS) is 10.5. The standard InChI is InChI=1S/C18H14BrN3O2S/c1-22-17(23)11-10-16(21-22)18(24)20-13-4-8-15(9-5-13)25-14-6-2-12(19)3-7-14/h2-11H,1H3,(H,20,24). The Labute approximate surface area is 157 Å². The molecule has 0 aliphatic heterocycles. The molecule has 0 saturated heterocycles. The number of nitrogens with zero attached hydrogens (tertiary/aromatic N) is 2. The summed E-state index contributed by atoms with van der Waals surface area (Å²) in [4.78, 5) is 25.7. The van der Waals surface area contributed by atoms with E-state index < -0.39 is 0 Å². The second-order valence-corrected chi connectivity index (χ2v) is 7.28. The Morgan fingerprint density at radius 1 is 1.00 bits per heavy atom. The first kappa shape index (κ1) is 17.4. The van der Waals surface area contributed by atoms with Crippen LogP contribution in [0.2, 0.25) is 0 Å². The minimum absolute atomic E-state index is 0.190. The van der Waals surface area contributed by atoms with E-state index >= 15 is 0 Å². The molecule has 0 unspecified atom stereocenters. The molecule has 1 N–H and O–H groups in total. The minimum atomic E-state index is -0.357. The number of aryl methyl sites for hydroxylation is 1. The van der Waals surface area contributed by atoms with Gasteiger partial charge in [0.05, 0.1) is 0 Å². The van der Waals surface area contributed by atoms with E-state index in [0.717, 1.165) is 18.9 Å². The quantitative estimate of drug-likeness (QED) is 0.700. The van der Waals surface area contributed by atoms with Gasteiger partial charge < -0.3 is 5.32 Å². The van der Waals surface area contributed by atoms with Crippen LogP contribution in [-0.4, -0.2) is 15.7 Å². The number of carbonyl (C=O) groups excluding carboxylic acids is 1. The van der Waals surface area contributed by atoms with Crippen LogP contribution < -0.4 is 10.9 Å². The van der Waals surface area contributed by atoms with Gasteiger partial charge in [0.15, 0.2) is 0 Å². The number of rotatable bonds is 4. The molecular weight excluding hydrogens is 402 g/mol. The van der Waals surface area contributed by atoms with Gasteiger partial charge in [-0.3, -0.25) is 9.59 Å². The number of halogens is 1. The Morgan fingerprint density at radius 3 is 2.20 bits per heavy atom. The Bertz CT molecular complexity index is 953. The molecule has 0 bridgehead atoms. The highest BCUT2D eigenvalue weighted by Gasteiger charge is 2.09. The summed E-state index contributed by atoms with van der Waals surface area (Å²) in [5.74, 6) is -0.357. The molecule has 0 aliphatic carbocycles. The van der Waals surface area contributed by atoms with Crippen LogP contribution in [0.25, 0.3) is 0 Å². The van der Waals surface area contributed by atoms with Crippen LogP contribution in [0, 0.1) is 0 Å². The number of aromatic nitrogens is 2. The summed E-state index contributed by atoms with van der Waals surface area (Å²) in [5, 5.41) is 6.70. The topological polar surface area (TPSA) is 64.0 Å². The van der Waals surface area contributed by atoms with E-state index in [1.165, 1.54) is 19.2 Å². The summed E-state index contributed by atoms with van der Waals surface area (Å²) >= 11 is 5.06. The number of carbonyl (C=O) groups is 1. The van der Waals surface area contributed by atoms with E-state index in [9.17, 15) is 9.59 Å². The highest BCUT2D eigenvalue weighted by atomic mass is 79.9. The summed E-state index contributed by atoms with van der Waals surface area (Å²) in [6.45, 7) is 0. The fraction of sp³-hybridized carbons (Fsp3) is 0.0556. The fourth-order valence-corrected chi connectivity index (χ4v) is 3.14. The second kappa shape index (κ2) is 7.67. The average Bonchev–Trinajstić information content (AvgIpc) is 2.61. The number of benzene rings is 2. The molecule has 2 aromatic carbocycles. The molecule has 0 aliphatic rings. The zero-order valence-electron chi connectivity index (χ0n) is 13.3. The molecule has 0 saturated carbocycles. The van der Waals surface area contributed by atoms with Gasteiger partial charge in [0.1, 0.15) is 5.69 Å². The van der Waals surface area contributed by atoms with Crippen molar-refractivity contribution in [3.8, 4) is 0 Å².